The van der Waals surface area contributed by atoms with Crippen LogP contribution in [0.3, 0.4) is 0 Å². The number of anilines is 1. The van der Waals surface area contributed by atoms with Gasteiger partial charge in [-0.1, -0.05) is 0 Å². The first-order chi connectivity index (χ1) is 9.56. The van der Waals surface area contributed by atoms with E-state index < -0.39 is 5.97 Å². The Balaban J connectivity index is 2.57. The fraction of sp³-hybridized carbons (Fsp3) is 0.500. The summed E-state index contributed by atoms with van der Waals surface area (Å²) in [6.07, 6.45) is 0. The molecule has 1 amide bonds. The number of methoxy groups -OCH3 is 2. The van der Waals surface area contributed by atoms with Crippen LogP contribution in [0.1, 0.15) is 16.3 Å². The Hall–Kier alpha value is -2.22. The van der Waals surface area contributed by atoms with E-state index in [1.54, 1.807) is 20.1 Å². The predicted octanol–water partition coefficient (Wildman–Crippen LogP) is -0.254. The van der Waals surface area contributed by atoms with E-state index in [0.717, 1.165) is 0 Å². The highest BCUT2D eigenvalue weighted by atomic mass is 16.5. The molecule has 8 heteroatoms. The molecule has 1 aromatic heterocycles. The minimum Gasteiger partial charge on any atom is -0.463 e. The van der Waals surface area contributed by atoms with Crippen molar-refractivity contribution in [2.75, 3.05) is 39.2 Å². The number of aryl methyl sites for hydroxylation is 1. The SMILES string of the molecule is COCCNC(=O)CNc1cc(C)nc(C(=O)OC)n1. The van der Waals surface area contributed by atoms with Gasteiger partial charge in [-0.15, -0.1) is 0 Å². The summed E-state index contributed by atoms with van der Waals surface area (Å²) in [6.45, 7) is 2.65. The van der Waals surface area contributed by atoms with Crippen molar-refractivity contribution in [2.45, 2.75) is 6.92 Å². The Kier molecular flexibility index (Phi) is 6.38. The quantitative estimate of drug-likeness (QED) is 0.525. The first kappa shape index (κ1) is 15.8. The van der Waals surface area contributed by atoms with E-state index >= 15 is 0 Å². The lowest BCUT2D eigenvalue weighted by molar-refractivity contribution is -0.119. The molecule has 0 aliphatic heterocycles. The number of rotatable bonds is 7. The molecular formula is C12H18N4O4. The van der Waals surface area contributed by atoms with Crippen molar-refractivity contribution in [1.82, 2.24) is 15.3 Å². The van der Waals surface area contributed by atoms with Crippen molar-refractivity contribution >= 4 is 17.7 Å². The molecule has 0 spiro atoms. The lowest BCUT2D eigenvalue weighted by atomic mass is 10.4. The number of nitrogens with one attached hydrogen (secondary N) is 2. The van der Waals surface area contributed by atoms with E-state index in [2.05, 4.69) is 25.3 Å². The molecule has 20 heavy (non-hydrogen) atoms. The summed E-state index contributed by atoms with van der Waals surface area (Å²) in [4.78, 5) is 30.8. The molecule has 1 rings (SSSR count). The van der Waals surface area contributed by atoms with Crippen molar-refractivity contribution < 1.29 is 19.1 Å². The minimum absolute atomic E-state index is 0.0424. The second-order valence-electron chi connectivity index (χ2n) is 3.91. The number of ether oxygens (including phenoxy) is 2. The van der Waals surface area contributed by atoms with Gasteiger partial charge in [0.05, 0.1) is 20.3 Å². The maximum absolute atomic E-state index is 11.5. The van der Waals surface area contributed by atoms with E-state index in [4.69, 9.17) is 4.74 Å². The van der Waals surface area contributed by atoms with Gasteiger partial charge in [0.1, 0.15) is 5.82 Å². The molecule has 1 aromatic rings. The smallest absolute Gasteiger partial charge is 0.376 e. The van der Waals surface area contributed by atoms with Crippen LogP contribution < -0.4 is 10.6 Å². The largest absolute Gasteiger partial charge is 0.463 e. The zero-order valence-electron chi connectivity index (χ0n) is 11.7. The maximum Gasteiger partial charge on any atom is 0.376 e. The van der Waals surface area contributed by atoms with Crippen LogP contribution in [0.25, 0.3) is 0 Å². The molecule has 8 nitrogen and oxygen atoms in total. The minimum atomic E-state index is -0.624. The Morgan fingerprint density at radius 1 is 1.30 bits per heavy atom. The second kappa shape index (κ2) is 8.05. The van der Waals surface area contributed by atoms with Crippen molar-refractivity contribution in [3.8, 4) is 0 Å². The van der Waals surface area contributed by atoms with Crippen LogP contribution in [0.15, 0.2) is 6.07 Å². The van der Waals surface area contributed by atoms with Crippen LogP contribution in [-0.2, 0) is 14.3 Å². The van der Waals surface area contributed by atoms with Gasteiger partial charge < -0.3 is 20.1 Å². The first-order valence-corrected chi connectivity index (χ1v) is 6.00. The highest BCUT2D eigenvalue weighted by molar-refractivity contribution is 5.85. The Morgan fingerprint density at radius 2 is 2.05 bits per heavy atom. The lowest BCUT2D eigenvalue weighted by Crippen LogP contribution is -2.32. The normalized spacial score (nSPS) is 9.95. The Bertz CT molecular complexity index is 479. The average Bonchev–Trinajstić information content (AvgIpc) is 2.44. The predicted molar refractivity (Wildman–Crippen MR) is 71.5 cm³/mol. The van der Waals surface area contributed by atoms with E-state index in [9.17, 15) is 9.59 Å². The third-order valence-electron chi connectivity index (χ3n) is 2.28. The summed E-state index contributed by atoms with van der Waals surface area (Å²) >= 11 is 0. The number of hydrogen-bond donors (Lipinski definition) is 2. The third kappa shape index (κ3) is 5.19. The van der Waals surface area contributed by atoms with Gasteiger partial charge in [0.15, 0.2) is 0 Å². The lowest BCUT2D eigenvalue weighted by Gasteiger charge is -2.08. The Morgan fingerprint density at radius 3 is 2.70 bits per heavy atom. The molecule has 0 aromatic carbocycles. The molecule has 0 saturated carbocycles. The van der Waals surface area contributed by atoms with Gasteiger partial charge in [-0.05, 0) is 6.92 Å². The van der Waals surface area contributed by atoms with Crippen LogP contribution >= 0.6 is 0 Å². The van der Waals surface area contributed by atoms with Crippen molar-refractivity contribution in [3.63, 3.8) is 0 Å². The molecule has 1 heterocycles. The number of esters is 1. The van der Waals surface area contributed by atoms with Crippen molar-refractivity contribution in [1.29, 1.82) is 0 Å². The molecule has 0 fully saturated rings. The number of nitrogens with zero attached hydrogens (tertiary/aromatic N) is 2. The topological polar surface area (TPSA) is 102 Å². The monoisotopic (exact) mass is 282 g/mol. The Labute approximate surface area is 116 Å². The molecule has 0 atom stereocenters. The van der Waals surface area contributed by atoms with Crippen LogP contribution in [0.2, 0.25) is 0 Å². The molecule has 0 bridgehead atoms. The molecule has 0 radical (unpaired) electrons. The van der Waals surface area contributed by atoms with E-state index in [1.165, 1.54) is 7.11 Å². The zero-order valence-corrected chi connectivity index (χ0v) is 11.7. The fourth-order valence-corrected chi connectivity index (χ4v) is 1.37. The third-order valence-corrected chi connectivity index (χ3v) is 2.28. The summed E-state index contributed by atoms with van der Waals surface area (Å²) in [5.74, 6) is -0.478. The molecule has 0 aliphatic rings. The molecule has 0 saturated heterocycles. The second-order valence-corrected chi connectivity index (χ2v) is 3.91. The maximum atomic E-state index is 11.5. The van der Waals surface area contributed by atoms with Gasteiger partial charge >= 0.3 is 5.97 Å². The van der Waals surface area contributed by atoms with Gasteiger partial charge in [-0.2, -0.15) is 0 Å². The van der Waals surface area contributed by atoms with Gasteiger partial charge in [-0.25, -0.2) is 14.8 Å². The van der Waals surface area contributed by atoms with Crippen LogP contribution in [0.4, 0.5) is 5.82 Å². The molecule has 0 aliphatic carbocycles. The molecule has 2 N–H and O–H groups in total. The summed E-state index contributed by atoms with van der Waals surface area (Å²) in [6, 6.07) is 1.63. The van der Waals surface area contributed by atoms with Crippen LogP contribution in [0, 0.1) is 6.92 Å². The van der Waals surface area contributed by atoms with E-state index in [1.807, 2.05) is 0 Å². The highest BCUT2D eigenvalue weighted by Gasteiger charge is 2.11. The van der Waals surface area contributed by atoms with Crippen molar-refractivity contribution in [2.24, 2.45) is 0 Å². The standard InChI is InChI=1S/C12H18N4O4/c1-8-6-9(16-11(15-8)12(18)20-3)14-7-10(17)13-4-5-19-2/h6H,4-5,7H2,1-3H3,(H,13,17)(H,14,15,16). The average molecular weight is 282 g/mol. The van der Waals surface area contributed by atoms with Gasteiger partial charge in [0, 0.05) is 25.4 Å². The number of amides is 1. The van der Waals surface area contributed by atoms with E-state index in [0.29, 0.717) is 24.7 Å². The number of carbonyl (C=O) groups excluding carboxylic acids is 2. The summed E-state index contributed by atoms with van der Waals surface area (Å²) in [5, 5.41) is 5.48. The van der Waals surface area contributed by atoms with E-state index in [-0.39, 0.29) is 18.3 Å². The summed E-state index contributed by atoms with van der Waals surface area (Å²) in [5.41, 5.74) is 0.600. The van der Waals surface area contributed by atoms with Crippen LogP contribution in [-0.4, -0.2) is 55.8 Å². The molecule has 110 valence electrons. The van der Waals surface area contributed by atoms with Gasteiger partial charge in [0.25, 0.3) is 0 Å². The first-order valence-electron chi connectivity index (χ1n) is 6.00. The number of carbonyl (C=O) groups is 2. The van der Waals surface area contributed by atoms with Gasteiger partial charge in [-0.3, -0.25) is 4.79 Å². The highest BCUT2D eigenvalue weighted by Crippen LogP contribution is 2.06. The molecule has 0 unspecified atom stereocenters. The number of hydrogen-bond acceptors (Lipinski definition) is 7. The number of aromatic nitrogens is 2. The van der Waals surface area contributed by atoms with Gasteiger partial charge in [0.2, 0.25) is 11.7 Å². The fourth-order valence-electron chi connectivity index (χ4n) is 1.37. The van der Waals surface area contributed by atoms with Crippen LogP contribution in [0.5, 0.6) is 0 Å². The van der Waals surface area contributed by atoms with Crippen molar-refractivity contribution in [3.05, 3.63) is 17.6 Å². The summed E-state index contributed by atoms with van der Waals surface area (Å²) in [7, 11) is 2.81. The zero-order chi connectivity index (χ0) is 15.0. The molecular weight excluding hydrogens is 264 g/mol. The summed E-state index contributed by atoms with van der Waals surface area (Å²) < 4.78 is 9.37.